The molecule has 1 heterocycles. The number of primary amides is 1. The monoisotopic (exact) mass is 598 g/mol. The van der Waals surface area contributed by atoms with Crippen LogP contribution >= 0.6 is 0 Å². The highest BCUT2D eigenvalue weighted by atomic mass is 16.4. The molecular formula is C26H46N8O8. The van der Waals surface area contributed by atoms with Gasteiger partial charge in [-0.05, 0) is 57.4 Å². The lowest BCUT2D eigenvalue weighted by molar-refractivity contribution is -0.144. The number of unbranched alkanes of at least 4 members (excludes halogenated alkanes) is 1. The minimum Gasteiger partial charge on any atom is -0.480 e. The van der Waals surface area contributed by atoms with Gasteiger partial charge < -0.3 is 48.5 Å². The van der Waals surface area contributed by atoms with Crippen molar-refractivity contribution in [2.24, 2.45) is 23.1 Å². The number of amides is 6. The molecule has 6 amide bonds. The molecule has 1 aliphatic heterocycles. The van der Waals surface area contributed by atoms with E-state index in [0.29, 0.717) is 32.2 Å². The molecule has 238 valence electrons. The fourth-order valence-electron chi connectivity index (χ4n) is 4.53. The summed E-state index contributed by atoms with van der Waals surface area (Å²) in [4.78, 5) is 87.5. The van der Waals surface area contributed by atoms with Gasteiger partial charge in [-0.15, -0.1) is 0 Å². The third-order valence-corrected chi connectivity index (χ3v) is 6.71. The van der Waals surface area contributed by atoms with Crippen molar-refractivity contribution in [1.82, 2.24) is 26.2 Å². The molecule has 4 atom stereocenters. The van der Waals surface area contributed by atoms with Crippen molar-refractivity contribution in [2.75, 3.05) is 26.2 Å². The van der Waals surface area contributed by atoms with E-state index in [9.17, 15) is 38.7 Å². The van der Waals surface area contributed by atoms with Crippen molar-refractivity contribution >= 4 is 41.4 Å². The van der Waals surface area contributed by atoms with Gasteiger partial charge in [0.15, 0.2) is 0 Å². The summed E-state index contributed by atoms with van der Waals surface area (Å²) in [6, 6.07) is -4.23. The van der Waals surface area contributed by atoms with Crippen LogP contribution in [0.5, 0.6) is 0 Å². The number of hydrogen-bond donors (Lipinski definition) is 8. The predicted octanol–water partition coefficient (Wildman–Crippen LogP) is -2.97. The molecule has 1 fully saturated rings. The molecule has 0 spiro atoms. The Bertz CT molecular complexity index is 976. The topological polar surface area (TPSA) is 269 Å². The van der Waals surface area contributed by atoms with Crippen LogP contribution in [-0.2, 0) is 33.6 Å². The molecule has 42 heavy (non-hydrogen) atoms. The van der Waals surface area contributed by atoms with E-state index in [1.165, 1.54) is 4.90 Å². The van der Waals surface area contributed by atoms with Crippen LogP contribution < -0.4 is 38.5 Å². The molecule has 1 saturated heterocycles. The van der Waals surface area contributed by atoms with Crippen LogP contribution in [0.2, 0.25) is 0 Å². The van der Waals surface area contributed by atoms with Crippen LogP contribution in [0, 0.1) is 5.92 Å². The van der Waals surface area contributed by atoms with E-state index in [1.807, 2.05) is 13.8 Å². The number of aliphatic carboxylic acids is 1. The van der Waals surface area contributed by atoms with Crippen molar-refractivity contribution in [2.45, 2.75) is 89.4 Å². The number of carboxylic acids is 1. The average molecular weight is 599 g/mol. The smallest absolute Gasteiger partial charge is 0.326 e. The number of carboxylic acid groups (broad SMARTS) is 1. The second-order valence-electron chi connectivity index (χ2n) is 10.7. The Balaban J connectivity index is 2.87. The molecule has 1 aliphatic rings. The molecule has 0 aromatic heterocycles. The maximum Gasteiger partial charge on any atom is 0.326 e. The van der Waals surface area contributed by atoms with E-state index in [4.69, 9.17) is 17.2 Å². The van der Waals surface area contributed by atoms with Gasteiger partial charge in [-0.3, -0.25) is 28.8 Å². The first kappa shape index (κ1) is 36.2. The normalized spacial score (nSPS) is 16.7. The largest absolute Gasteiger partial charge is 0.480 e. The first-order valence-electron chi connectivity index (χ1n) is 14.2. The maximum absolute atomic E-state index is 13.1. The Morgan fingerprint density at radius 2 is 1.60 bits per heavy atom. The summed E-state index contributed by atoms with van der Waals surface area (Å²) in [5, 5.41) is 19.4. The summed E-state index contributed by atoms with van der Waals surface area (Å²) in [5.41, 5.74) is 16.0. The van der Waals surface area contributed by atoms with Crippen LogP contribution in [-0.4, -0.2) is 102 Å². The zero-order valence-electron chi connectivity index (χ0n) is 24.4. The number of likely N-dealkylation sites (tertiary alicyclic amines) is 1. The quantitative estimate of drug-likeness (QED) is 0.0699. The van der Waals surface area contributed by atoms with Gasteiger partial charge in [0.05, 0.1) is 13.1 Å². The second-order valence-corrected chi connectivity index (χ2v) is 10.7. The Kier molecular flexibility index (Phi) is 16.1. The zero-order valence-corrected chi connectivity index (χ0v) is 24.4. The van der Waals surface area contributed by atoms with E-state index >= 15 is 0 Å². The van der Waals surface area contributed by atoms with Gasteiger partial charge in [0.2, 0.25) is 35.4 Å². The number of rotatable bonds is 19. The van der Waals surface area contributed by atoms with Gasteiger partial charge in [-0.25, -0.2) is 4.79 Å². The van der Waals surface area contributed by atoms with Crippen LogP contribution in [0.25, 0.3) is 0 Å². The molecule has 0 aliphatic carbocycles. The summed E-state index contributed by atoms with van der Waals surface area (Å²) < 4.78 is 0. The van der Waals surface area contributed by atoms with Gasteiger partial charge in [0, 0.05) is 13.0 Å². The summed E-state index contributed by atoms with van der Waals surface area (Å²) in [6.45, 7) is 3.59. The lowest BCUT2D eigenvalue weighted by atomic mass is 10.0. The highest BCUT2D eigenvalue weighted by Gasteiger charge is 2.36. The molecule has 0 unspecified atom stereocenters. The molecule has 11 N–H and O–H groups in total. The van der Waals surface area contributed by atoms with Gasteiger partial charge in [-0.2, -0.15) is 0 Å². The number of nitrogens with two attached hydrogens (primary N) is 3. The van der Waals surface area contributed by atoms with Crippen molar-refractivity contribution in [3.8, 4) is 0 Å². The Morgan fingerprint density at radius 3 is 2.17 bits per heavy atom. The fourth-order valence-corrected chi connectivity index (χ4v) is 4.53. The van der Waals surface area contributed by atoms with Gasteiger partial charge in [0.25, 0.3) is 0 Å². The van der Waals surface area contributed by atoms with Crippen LogP contribution in [0.3, 0.4) is 0 Å². The summed E-state index contributed by atoms with van der Waals surface area (Å²) >= 11 is 0. The van der Waals surface area contributed by atoms with Gasteiger partial charge >= 0.3 is 5.97 Å². The SMILES string of the molecule is CC(C)C[C@H](NC(=O)CN)C(=O)N[C@@H](CCCCN)C(=O)NCC(=O)N1CCC[C@H]1C(=O)N[C@@H](CCC(N)=O)C(=O)O. The Hall–Kier alpha value is -3.79. The third kappa shape index (κ3) is 12.8. The molecule has 16 nitrogen and oxygen atoms in total. The molecule has 1 rings (SSSR count). The van der Waals surface area contributed by atoms with Crippen LogP contribution in [0.1, 0.15) is 65.2 Å². The van der Waals surface area contributed by atoms with Crippen molar-refractivity contribution in [3.05, 3.63) is 0 Å². The van der Waals surface area contributed by atoms with Crippen molar-refractivity contribution < 1.29 is 38.7 Å². The molecule has 0 bridgehead atoms. The molecule has 0 saturated carbocycles. The molecule has 0 radical (unpaired) electrons. The van der Waals surface area contributed by atoms with Crippen molar-refractivity contribution in [3.63, 3.8) is 0 Å². The molecular weight excluding hydrogens is 552 g/mol. The minimum absolute atomic E-state index is 0.0560. The predicted molar refractivity (Wildman–Crippen MR) is 151 cm³/mol. The number of carbonyl (C=O) groups is 7. The number of nitrogens with one attached hydrogen (secondary N) is 4. The average Bonchev–Trinajstić information content (AvgIpc) is 3.42. The van der Waals surface area contributed by atoms with E-state index in [0.717, 1.165) is 0 Å². The highest BCUT2D eigenvalue weighted by Crippen LogP contribution is 2.18. The maximum atomic E-state index is 13.1. The summed E-state index contributed by atoms with van der Waals surface area (Å²) in [5.74, 6) is -4.95. The first-order chi connectivity index (χ1) is 19.8. The number of carbonyl (C=O) groups excluding carboxylic acids is 6. The Labute approximate surface area is 245 Å². The standard InChI is InChI=1S/C26H46N8O8/c1-15(2)12-18(31-21(36)13-28)24(39)32-16(6-3-4-10-27)23(38)30-14-22(37)34-11-5-7-19(34)25(40)33-17(26(41)42)8-9-20(29)35/h15-19H,3-14,27-28H2,1-2H3,(H2,29,35)(H,30,38)(H,31,36)(H,32,39)(H,33,40)(H,41,42)/t16-,17-,18-,19-/m0/s1. The zero-order chi connectivity index (χ0) is 31.8. The van der Waals surface area contributed by atoms with Crippen LogP contribution in [0.15, 0.2) is 0 Å². The van der Waals surface area contributed by atoms with Gasteiger partial charge in [0.1, 0.15) is 24.2 Å². The number of nitrogens with zero attached hydrogens (tertiary/aromatic N) is 1. The van der Waals surface area contributed by atoms with Crippen LogP contribution in [0.4, 0.5) is 0 Å². The van der Waals surface area contributed by atoms with Crippen molar-refractivity contribution in [1.29, 1.82) is 0 Å². The summed E-state index contributed by atoms with van der Waals surface area (Å²) in [7, 11) is 0. The summed E-state index contributed by atoms with van der Waals surface area (Å²) in [6.07, 6.45) is 2.00. The van der Waals surface area contributed by atoms with E-state index in [-0.39, 0.29) is 44.7 Å². The molecule has 0 aromatic carbocycles. The van der Waals surface area contributed by atoms with E-state index < -0.39 is 72.1 Å². The molecule has 16 heteroatoms. The Morgan fingerprint density at radius 1 is 0.905 bits per heavy atom. The third-order valence-electron chi connectivity index (χ3n) is 6.71. The highest BCUT2D eigenvalue weighted by molar-refractivity contribution is 5.95. The van der Waals surface area contributed by atoms with Gasteiger partial charge in [-0.1, -0.05) is 13.8 Å². The minimum atomic E-state index is -1.35. The van der Waals surface area contributed by atoms with E-state index in [1.54, 1.807) is 0 Å². The lowest BCUT2D eigenvalue weighted by Crippen LogP contribution is -2.56. The molecule has 0 aromatic rings. The lowest BCUT2D eigenvalue weighted by Gasteiger charge is -2.26. The fraction of sp³-hybridized carbons (Fsp3) is 0.731. The second kappa shape index (κ2) is 18.6. The number of hydrogen-bond acceptors (Lipinski definition) is 9. The first-order valence-corrected chi connectivity index (χ1v) is 14.2. The van der Waals surface area contributed by atoms with E-state index in [2.05, 4.69) is 21.3 Å².